The Kier molecular flexibility index (Phi) is 6.66. The number of anilines is 1. The van der Waals surface area contributed by atoms with E-state index < -0.39 is 0 Å². The van der Waals surface area contributed by atoms with Crippen molar-refractivity contribution in [3.8, 4) is 0 Å². The van der Waals surface area contributed by atoms with Gasteiger partial charge in [-0.2, -0.15) is 0 Å². The summed E-state index contributed by atoms with van der Waals surface area (Å²) in [5.74, 6) is 0. The van der Waals surface area contributed by atoms with E-state index in [4.69, 9.17) is 0 Å². The minimum Gasteiger partial charge on any atom is -0.308 e. The van der Waals surface area contributed by atoms with Crippen LogP contribution in [0.3, 0.4) is 0 Å². The Bertz CT molecular complexity index is 259. The highest BCUT2D eigenvalue weighted by molar-refractivity contribution is 5.44. The maximum atomic E-state index is 3.51. The third-order valence-corrected chi connectivity index (χ3v) is 2.64. The SMILES string of the molecule is CCCCNN(CCCC)c1ccccc1. The van der Waals surface area contributed by atoms with Crippen LogP contribution in [0.5, 0.6) is 0 Å². The fourth-order valence-electron chi connectivity index (χ4n) is 1.61. The number of nitrogens with zero attached hydrogens (tertiary/aromatic N) is 1. The molecule has 0 saturated heterocycles. The highest BCUT2D eigenvalue weighted by Crippen LogP contribution is 2.11. The van der Waals surface area contributed by atoms with Crippen molar-refractivity contribution in [2.24, 2.45) is 0 Å². The number of rotatable bonds is 8. The van der Waals surface area contributed by atoms with Gasteiger partial charge in [-0.3, -0.25) is 0 Å². The first-order valence-electron chi connectivity index (χ1n) is 6.44. The lowest BCUT2D eigenvalue weighted by Crippen LogP contribution is -2.39. The molecule has 2 nitrogen and oxygen atoms in total. The summed E-state index contributed by atoms with van der Waals surface area (Å²) in [5, 5.41) is 2.28. The molecule has 16 heavy (non-hydrogen) atoms. The van der Waals surface area contributed by atoms with E-state index in [9.17, 15) is 0 Å². The molecule has 0 aliphatic heterocycles. The van der Waals surface area contributed by atoms with E-state index in [1.807, 2.05) is 0 Å². The van der Waals surface area contributed by atoms with E-state index in [0.29, 0.717) is 0 Å². The summed E-state index contributed by atoms with van der Waals surface area (Å²) in [5.41, 5.74) is 4.78. The van der Waals surface area contributed by atoms with E-state index in [2.05, 4.69) is 54.6 Å². The van der Waals surface area contributed by atoms with Crippen LogP contribution in [-0.2, 0) is 0 Å². The van der Waals surface area contributed by atoms with Crippen LogP contribution < -0.4 is 10.4 Å². The monoisotopic (exact) mass is 220 g/mol. The first-order chi connectivity index (χ1) is 7.88. The summed E-state index contributed by atoms with van der Waals surface area (Å²) in [6.45, 7) is 6.61. The van der Waals surface area contributed by atoms with Crippen LogP contribution in [0, 0.1) is 0 Å². The molecule has 0 unspecified atom stereocenters. The van der Waals surface area contributed by atoms with Crippen LogP contribution in [0.2, 0.25) is 0 Å². The lowest BCUT2D eigenvalue weighted by molar-refractivity contribution is 0.578. The predicted octanol–water partition coefficient (Wildman–Crippen LogP) is 3.60. The minimum absolute atomic E-state index is 1.06. The van der Waals surface area contributed by atoms with Gasteiger partial charge in [-0.25, -0.2) is 5.43 Å². The quantitative estimate of drug-likeness (QED) is 0.532. The van der Waals surface area contributed by atoms with Crippen molar-refractivity contribution in [2.45, 2.75) is 39.5 Å². The molecule has 0 bridgehead atoms. The molecule has 0 atom stereocenters. The smallest absolute Gasteiger partial charge is 0.0519 e. The summed E-state index contributed by atoms with van der Waals surface area (Å²) < 4.78 is 0. The van der Waals surface area contributed by atoms with Gasteiger partial charge < -0.3 is 5.01 Å². The lowest BCUT2D eigenvalue weighted by atomic mass is 10.3. The van der Waals surface area contributed by atoms with Crippen molar-refractivity contribution in [1.29, 1.82) is 0 Å². The molecular formula is C14H24N2. The Morgan fingerprint density at radius 2 is 1.69 bits per heavy atom. The highest BCUT2D eigenvalue weighted by atomic mass is 15.5. The molecule has 1 aromatic carbocycles. The second kappa shape index (κ2) is 8.17. The summed E-state index contributed by atoms with van der Waals surface area (Å²) in [6.07, 6.45) is 4.94. The van der Waals surface area contributed by atoms with Gasteiger partial charge in [0.15, 0.2) is 0 Å². The number of benzene rings is 1. The molecule has 0 spiro atoms. The van der Waals surface area contributed by atoms with Crippen molar-refractivity contribution in [1.82, 2.24) is 5.43 Å². The van der Waals surface area contributed by atoms with Crippen molar-refractivity contribution in [3.63, 3.8) is 0 Å². The van der Waals surface area contributed by atoms with Crippen molar-refractivity contribution < 1.29 is 0 Å². The van der Waals surface area contributed by atoms with Gasteiger partial charge in [0, 0.05) is 13.1 Å². The van der Waals surface area contributed by atoms with Crippen LogP contribution in [0.1, 0.15) is 39.5 Å². The molecule has 0 aromatic heterocycles. The van der Waals surface area contributed by atoms with Gasteiger partial charge >= 0.3 is 0 Å². The Hall–Kier alpha value is -1.02. The molecule has 90 valence electrons. The lowest BCUT2D eigenvalue weighted by Gasteiger charge is -2.25. The predicted molar refractivity (Wildman–Crippen MR) is 71.6 cm³/mol. The van der Waals surface area contributed by atoms with Gasteiger partial charge in [-0.1, -0.05) is 44.9 Å². The first kappa shape index (κ1) is 13.0. The number of unbranched alkanes of at least 4 members (excludes halogenated alkanes) is 2. The standard InChI is InChI=1S/C14H24N2/c1-3-5-12-15-16(13-6-4-2)14-10-8-7-9-11-14/h7-11,15H,3-6,12-13H2,1-2H3. The molecule has 0 amide bonds. The van der Waals surface area contributed by atoms with E-state index in [-0.39, 0.29) is 0 Å². The van der Waals surface area contributed by atoms with Gasteiger partial charge in [-0.05, 0) is 25.0 Å². The van der Waals surface area contributed by atoms with E-state index in [1.165, 1.54) is 31.4 Å². The molecule has 0 aliphatic rings. The average molecular weight is 220 g/mol. The van der Waals surface area contributed by atoms with Crippen LogP contribution in [0.4, 0.5) is 5.69 Å². The molecular weight excluding hydrogens is 196 g/mol. The Labute approximate surface area is 99.6 Å². The number of para-hydroxylation sites is 1. The van der Waals surface area contributed by atoms with E-state index in [0.717, 1.165) is 13.1 Å². The molecule has 0 saturated carbocycles. The van der Waals surface area contributed by atoms with Crippen LogP contribution >= 0.6 is 0 Å². The molecule has 0 radical (unpaired) electrons. The zero-order chi connectivity index (χ0) is 11.6. The molecule has 1 aromatic rings. The van der Waals surface area contributed by atoms with E-state index >= 15 is 0 Å². The summed E-state index contributed by atoms with van der Waals surface area (Å²) in [4.78, 5) is 0. The van der Waals surface area contributed by atoms with Gasteiger partial charge in [0.25, 0.3) is 0 Å². The molecule has 1 rings (SSSR count). The van der Waals surface area contributed by atoms with Crippen LogP contribution in [-0.4, -0.2) is 13.1 Å². The number of hydrogen-bond acceptors (Lipinski definition) is 2. The normalized spacial score (nSPS) is 10.4. The summed E-state index contributed by atoms with van der Waals surface area (Å²) >= 11 is 0. The minimum atomic E-state index is 1.06. The highest BCUT2D eigenvalue weighted by Gasteiger charge is 2.03. The van der Waals surface area contributed by atoms with Crippen molar-refractivity contribution in [3.05, 3.63) is 30.3 Å². The number of hydrazine groups is 1. The van der Waals surface area contributed by atoms with Crippen LogP contribution in [0.25, 0.3) is 0 Å². The molecule has 0 aliphatic carbocycles. The average Bonchev–Trinajstić information content (AvgIpc) is 2.35. The fourth-order valence-corrected chi connectivity index (χ4v) is 1.61. The Morgan fingerprint density at radius 3 is 2.31 bits per heavy atom. The Morgan fingerprint density at radius 1 is 1.00 bits per heavy atom. The third-order valence-electron chi connectivity index (χ3n) is 2.64. The first-order valence-corrected chi connectivity index (χ1v) is 6.44. The summed E-state index contributed by atoms with van der Waals surface area (Å²) in [6, 6.07) is 10.6. The number of nitrogens with one attached hydrogen (secondary N) is 1. The largest absolute Gasteiger partial charge is 0.308 e. The zero-order valence-electron chi connectivity index (χ0n) is 10.6. The number of hydrogen-bond donors (Lipinski definition) is 1. The second-order valence-electron chi connectivity index (χ2n) is 4.10. The summed E-state index contributed by atoms with van der Waals surface area (Å²) in [7, 11) is 0. The maximum absolute atomic E-state index is 3.51. The maximum Gasteiger partial charge on any atom is 0.0519 e. The third kappa shape index (κ3) is 4.67. The van der Waals surface area contributed by atoms with Gasteiger partial charge in [-0.15, -0.1) is 0 Å². The van der Waals surface area contributed by atoms with Gasteiger partial charge in [0.1, 0.15) is 0 Å². The molecule has 1 N–H and O–H groups in total. The van der Waals surface area contributed by atoms with Crippen LogP contribution in [0.15, 0.2) is 30.3 Å². The molecule has 2 heteroatoms. The fraction of sp³-hybridized carbons (Fsp3) is 0.571. The second-order valence-corrected chi connectivity index (χ2v) is 4.10. The van der Waals surface area contributed by atoms with Gasteiger partial charge in [0.2, 0.25) is 0 Å². The molecule has 0 heterocycles. The van der Waals surface area contributed by atoms with E-state index in [1.54, 1.807) is 0 Å². The van der Waals surface area contributed by atoms with Crippen molar-refractivity contribution >= 4 is 5.69 Å². The molecule has 0 fully saturated rings. The zero-order valence-corrected chi connectivity index (χ0v) is 10.6. The van der Waals surface area contributed by atoms with Gasteiger partial charge in [0.05, 0.1) is 5.69 Å². The van der Waals surface area contributed by atoms with Crippen molar-refractivity contribution in [2.75, 3.05) is 18.1 Å². The Balaban J connectivity index is 2.49. The topological polar surface area (TPSA) is 15.3 Å².